The van der Waals surface area contributed by atoms with E-state index in [2.05, 4.69) is 10.5 Å². The zero-order valence-electron chi connectivity index (χ0n) is 20.3. The maximum Gasteiger partial charge on any atom is 0.271 e. The number of hydrogen-bond donors (Lipinski definition) is 1. The molecular formula is C29H27N3O4S. The molecule has 1 N–H and O–H groups in total. The fourth-order valence-corrected chi connectivity index (χ4v) is 4.43. The van der Waals surface area contributed by atoms with Crippen LogP contribution in [0.4, 0.5) is 5.69 Å². The van der Waals surface area contributed by atoms with Crippen molar-refractivity contribution in [1.29, 1.82) is 0 Å². The molecular weight excluding hydrogens is 486 g/mol. The molecule has 0 aliphatic carbocycles. The average molecular weight is 514 g/mol. The molecule has 0 saturated heterocycles. The van der Waals surface area contributed by atoms with E-state index in [9.17, 15) is 13.2 Å². The summed E-state index contributed by atoms with van der Waals surface area (Å²) in [6.45, 7) is 0.648. The van der Waals surface area contributed by atoms with Gasteiger partial charge in [0.1, 0.15) is 12.4 Å². The first-order chi connectivity index (χ1) is 17.9. The molecule has 0 radical (unpaired) electrons. The minimum absolute atomic E-state index is 0.161. The van der Waals surface area contributed by atoms with E-state index in [1.165, 1.54) is 10.6 Å². The molecule has 0 unspecified atom stereocenters. The Hall–Kier alpha value is -4.43. The van der Waals surface area contributed by atoms with Gasteiger partial charge < -0.3 is 4.74 Å². The van der Waals surface area contributed by atoms with E-state index in [0.717, 1.165) is 22.4 Å². The molecule has 4 aromatic rings. The van der Waals surface area contributed by atoms with Crippen molar-refractivity contribution in [1.82, 2.24) is 5.43 Å². The number of hydrogen-bond acceptors (Lipinski definition) is 5. The molecule has 0 aliphatic rings. The van der Waals surface area contributed by atoms with Gasteiger partial charge in [-0.1, -0.05) is 60.7 Å². The van der Waals surface area contributed by atoms with Gasteiger partial charge in [-0.2, -0.15) is 5.10 Å². The number of ether oxygens (including phenoxy) is 1. The number of nitrogens with one attached hydrogen (secondary N) is 1. The average Bonchev–Trinajstić information content (AvgIpc) is 2.92. The van der Waals surface area contributed by atoms with E-state index >= 15 is 0 Å². The molecule has 0 heterocycles. The first-order valence-corrected chi connectivity index (χ1v) is 13.5. The Morgan fingerprint density at radius 3 is 2.08 bits per heavy atom. The number of carbonyl (C=O) groups is 1. The lowest BCUT2D eigenvalue weighted by Gasteiger charge is -2.22. The molecule has 0 fully saturated rings. The van der Waals surface area contributed by atoms with Crippen molar-refractivity contribution in [3.05, 3.63) is 131 Å². The van der Waals surface area contributed by atoms with Gasteiger partial charge in [0.15, 0.2) is 0 Å². The second-order valence-electron chi connectivity index (χ2n) is 8.34. The van der Waals surface area contributed by atoms with Gasteiger partial charge in [-0.3, -0.25) is 9.10 Å². The van der Waals surface area contributed by atoms with Gasteiger partial charge in [-0.15, -0.1) is 0 Å². The molecule has 0 spiro atoms. The maximum atomic E-state index is 12.5. The van der Waals surface area contributed by atoms with Crippen molar-refractivity contribution in [2.24, 2.45) is 5.10 Å². The number of carbonyl (C=O) groups excluding carboxylic acids is 1. The second kappa shape index (κ2) is 12.0. The van der Waals surface area contributed by atoms with Crippen molar-refractivity contribution in [3.8, 4) is 5.75 Å². The molecule has 37 heavy (non-hydrogen) atoms. The Labute approximate surface area is 217 Å². The lowest BCUT2D eigenvalue weighted by molar-refractivity contribution is 0.0955. The molecule has 0 bridgehead atoms. The summed E-state index contributed by atoms with van der Waals surface area (Å²) in [7, 11) is -3.47. The number of hydrazone groups is 1. The Balaban J connectivity index is 1.31. The maximum absolute atomic E-state index is 12.5. The van der Waals surface area contributed by atoms with E-state index in [1.807, 2.05) is 60.7 Å². The lowest BCUT2D eigenvalue weighted by atomic mass is 10.1. The van der Waals surface area contributed by atoms with Crippen molar-refractivity contribution in [3.63, 3.8) is 0 Å². The Bertz CT molecular complexity index is 1440. The summed E-state index contributed by atoms with van der Waals surface area (Å²) in [6.07, 6.45) is 2.72. The van der Waals surface area contributed by atoms with E-state index in [1.54, 1.807) is 54.7 Å². The molecule has 0 aromatic heterocycles. The largest absolute Gasteiger partial charge is 0.489 e. The summed E-state index contributed by atoms with van der Waals surface area (Å²) < 4.78 is 31.7. The highest BCUT2D eigenvalue weighted by atomic mass is 32.2. The predicted octanol–water partition coefficient (Wildman–Crippen LogP) is 5.00. The van der Waals surface area contributed by atoms with Crippen LogP contribution in [0.5, 0.6) is 5.75 Å². The van der Waals surface area contributed by atoms with E-state index in [0.29, 0.717) is 17.9 Å². The van der Waals surface area contributed by atoms with E-state index < -0.39 is 10.0 Å². The van der Waals surface area contributed by atoms with E-state index in [4.69, 9.17) is 4.74 Å². The van der Waals surface area contributed by atoms with Crippen LogP contribution in [0.2, 0.25) is 0 Å². The van der Waals surface area contributed by atoms with Crippen molar-refractivity contribution < 1.29 is 17.9 Å². The van der Waals surface area contributed by atoms with Gasteiger partial charge in [0.2, 0.25) is 10.0 Å². The Morgan fingerprint density at radius 2 is 1.46 bits per heavy atom. The van der Waals surface area contributed by atoms with Crippen LogP contribution in [-0.2, 0) is 23.2 Å². The third-order valence-electron chi connectivity index (χ3n) is 5.49. The number of anilines is 1. The minimum Gasteiger partial charge on any atom is -0.489 e. The summed E-state index contributed by atoms with van der Waals surface area (Å²) >= 11 is 0. The third-order valence-corrected chi connectivity index (χ3v) is 6.64. The number of rotatable bonds is 10. The summed E-state index contributed by atoms with van der Waals surface area (Å²) in [5.41, 5.74) is 6.16. The van der Waals surface area contributed by atoms with Gasteiger partial charge in [0.25, 0.3) is 5.91 Å². The van der Waals surface area contributed by atoms with Gasteiger partial charge in [-0.05, 0) is 65.2 Å². The number of nitrogens with zero attached hydrogens (tertiary/aromatic N) is 2. The van der Waals surface area contributed by atoms with Crippen molar-refractivity contribution in [2.75, 3.05) is 10.6 Å². The third kappa shape index (κ3) is 7.52. The number of amides is 1. The lowest BCUT2D eigenvalue weighted by Crippen LogP contribution is -2.29. The number of sulfonamides is 1. The second-order valence-corrected chi connectivity index (χ2v) is 10.3. The Kier molecular flexibility index (Phi) is 8.33. The molecule has 1 amide bonds. The summed E-state index contributed by atoms with van der Waals surface area (Å²) in [6, 6.07) is 33.0. The fourth-order valence-electron chi connectivity index (χ4n) is 3.54. The van der Waals surface area contributed by atoms with Crippen molar-refractivity contribution >= 4 is 27.8 Å². The zero-order valence-corrected chi connectivity index (χ0v) is 21.1. The normalized spacial score (nSPS) is 11.3. The van der Waals surface area contributed by atoms with Crippen LogP contribution >= 0.6 is 0 Å². The summed E-state index contributed by atoms with van der Waals surface area (Å²) in [5, 5.41) is 4.03. The number of benzene rings is 4. The van der Waals surface area contributed by atoms with Crippen LogP contribution in [0.15, 0.2) is 114 Å². The fraction of sp³-hybridized carbons (Fsp3) is 0.103. The first kappa shape index (κ1) is 25.7. The number of para-hydroxylation sites is 1. The van der Waals surface area contributed by atoms with Gasteiger partial charge in [0.05, 0.1) is 24.7 Å². The van der Waals surface area contributed by atoms with Crippen LogP contribution in [-0.4, -0.2) is 26.8 Å². The zero-order chi connectivity index (χ0) is 26.1. The van der Waals surface area contributed by atoms with Crippen LogP contribution < -0.4 is 14.5 Å². The topological polar surface area (TPSA) is 88.1 Å². The Morgan fingerprint density at radius 1 is 0.838 bits per heavy atom. The SMILES string of the molecule is CS(=O)(=O)N(Cc1ccc(C(=O)N/N=C\c2ccc(OCc3ccccc3)cc2)cc1)c1ccccc1. The van der Waals surface area contributed by atoms with Crippen LogP contribution in [0.3, 0.4) is 0 Å². The highest BCUT2D eigenvalue weighted by Gasteiger charge is 2.17. The molecule has 4 aromatic carbocycles. The van der Waals surface area contributed by atoms with Gasteiger partial charge >= 0.3 is 0 Å². The summed E-state index contributed by atoms with van der Waals surface area (Å²) in [4.78, 5) is 12.5. The van der Waals surface area contributed by atoms with Crippen LogP contribution in [0.25, 0.3) is 0 Å². The summed E-state index contributed by atoms with van der Waals surface area (Å²) in [5.74, 6) is 0.375. The predicted molar refractivity (Wildman–Crippen MR) is 146 cm³/mol. The van der Waals surface area contributed by atoms with Crippen molar-refractivity contribution in [2.45, 2.75) is 13.2 Å². The molecule has 7 nitrogen and oxygen atoms in total. The highest BCUT2D eigenvalue weighted by Crippen LogP contribution is 2.20. The molecule has 0 atom stereocenters. The molecule has 0 saturated carbocycles. The van der Waals surface area contributed by atoms with Crippen LogP contribution in [0, 0.1) is 0 Å². The highest BCUT2D eigenvalue weighted by molar-refractivity contribution is 7.92. The molecule has 4 rings (SSSR count). The van der Waals surface area contributed by atoms with Gasteiger partial charge in [-0.25, -0.2) is 13.8 Å². The molecule has 0 aliphatic heterocycles. The smallest absolute Gasteiger partial charge is 0.271 e. The molecule has 188 valence electrons. The first-order valence-electron chi connectivity index (χ1n) is 11.6. The van der Waals surface area contributed by atoms with E-state index in [-0.39, 0.29) is 12.5 Å². The molecule has 8 heteroatoms. The van der Waals surface area contributed by atoms with Gasteiger partial charge in [0, 0.05) is 5.56 Å². The quantitative estimate of drug-likeness (QED) is 0.239. The standard InChI is InChI=1S/C29H27N3O4S/c1-37(34,35)32(27-10-6-3-7-11-27)21-24-12-16-26(17-13-24)29(33)31-30-20-23-14-18-28(19-15-23)36-22-25-8-4-2-5-9-25/h2-20H,21-22H2,1H3,(H,31,33)/b30-20-. The van der Waals surface area contributed by atoms with Crippen LogP contribution in [0.1, 0.15) is 27.0 Å². The minimum atomic E-state index is -3.47. The monoisotopic (exact) mass is 513 g/mol.